The molecule has 3 rings (SSSR count). The molecule has 1 aliphatic heterocycles. The van der Waals surface area contributed by atoms with Crippen molar-refractivity contribution in [3.8, 4) is 0 Å². The van der Waals surface area contributed by atoms with Gasteiger partial charge in [0.1, 0.15) is 12.2 Å². The molecule has 1 heterocycles. The van der Waals surface area contributed by atoms with Gasteiger partial charge in [0.2, 0.25) is 0 Å². The van der Waals surface area contributed by atoms with Crippen LogP contribution in [0, 0.1) is 27.7 Å². The number of aliphatic hydroxyl groups excluding tert-OH is 3. The maximum atomic E-state index is 11.6. The molecule has 3 N–H and O–H groups in total. The van der Waals surface area contributed by atoms with Crippen molar-refractivity contribution in [2.45, 2.75) is 58.0 Å². The lowest BCUT2D eigenvalue weighted by Crippen LogP contribution is -2.42. The van der Waals surface area contributed by atoms with E-state index >= 15 is 0 Å². The van der Waals surface area contributed by atoms with E-state index in [2.05, 4.69) is 0 Å². The molecule has 0 bridgehead atoms. The van der Waals surface area contributed by atoms with E-state index < -0.39 is 36.3 Å². The van der Waals surface area contributed by atoms with Crippen LogP contribution in [0.25, 0.3) is 0 Å². The van der Waals surface area contributed by atoms with E-state index in [1.54, 1.807) is 0 Å². The van der Waals surface area contributed by atoms with Crippen LogP contribution < -0.4 is 0 Å². The first-order valence-electron chi connectivity index (χ1n) is 9.09. The van der Waals surface area contributed by atoms with Crippen molar-refractivity contribution in [3.05, 3.63) is 69.8 Å². The van der Waals surface area contributed by atoms with E-state index in [9.17, 15) is 20.1 Å². The summed E-state index contributed by atoms with van der Waals surface area (Å²) in [5.41, 5.74) is 6.15. The summed E-state index contributed by atoms with van der Waals surface area (Å²) < 4.78 is 5.09. The molecule has 144 valence electrons. The standard InChI is InChI=1S/C22H26O5/c1-11-5-7-15(9-13(11)3)17(16-8-6-12(2)14(4)10-16)18(23)21-19(24)20(25)22(26)27-21/h5-10,17-21,23-25H,1-4H3/t18-,19-,20+,21-/m1/s1. The van der Waals surface area contributed by atoms with E-state index in [-0.39, 0.29) is 0 Å². The Labute approximate surface area is 159 Å². The second kappa shape index (κ2) is 7.43. The Morgan fingerprint density at radius 1 is 0.852 bits per heavy atom. The average molecular weight is 370 g/mol. The summed E-state index contributed by atoms with van der Waals surface area (Å²) in [6, 6.07) is 11.8. The predicted molar refractivity (Wildman–Crippen MR) is 102 cm³/mol. The molecule has 0 aromatic heterocycles. The van der Waals surface area contributed by atoms with E-state index in [4.69, 9.17) is 4.74 Å². The first-order valence-corrected chi connectivity index (χ1v) is 9.09. The van der Waals surface area contributed by atoms with Gasteiger partial charge in [-0.1, -0.05) is 36.4 Å². The second-order valence-electron chi connectivity index (χ2n) is 7.49. The molecule has 4 atom stereocenters. The van der Waals surface area contributed by atoms with Crippen LogP contribution in [0.15, 0.2) is 36.4 Å². The highest BCUT2D eigenvalue weighted by atomic mass is 16.6. The van der Waals surface area contributed by atoms with Crippen LogP contribution in [-0.2, 0) is 9.53 Å². The van der Waals surface area contributed by atoms with Crippen molar-refractivity contribution in [1.29, 1.82) is 0 Å². The Balaban J connectivity index is 2.07. The molecule has 1 fully saturated rings. The smallest absolute Gasteiger partial charge is 0.338 e. The summed E-state index contributed by atoms with van der Waals surface area (Å²) in [7, 11) is 0. The molecule has 0 spiro atoms. The van der Waals surface area contributed by atoms with Crippen LogP contribution in [-0.4, -0.2) is 45.7 Å². The first kappa shape index (κ1) is 19.5. The minimum absolute atomic E-state index is 0.513. The summed E-state index contributed by atoms with van der Waals surface area (Å²) in [4.78, 5) is 11.6. The van der Waals surface area contributed by atoms with Gasteiger partial charge in [0.15, 0.2) is 12.2 Å². The zero-order valence-electron chi connectivity index (χ0n) is 16.0. The van der Waals surface area contributed by atoms with Crippen molar-refractivity contribution >= 4 is 5.97 Å². The SMILES string of the molecule is Cc1ccc(C(c2ccc(C)c(C)c2)[C@@H](O)[C@H]2OC(=O)[C@@H](O)[C@H]2O)cc1C. The molecular weight excluding hydrogens is 344 g/mol. The third kappa shape index (κ3) is 3.63. The van der Waals surface area contributed by atoms with E-state index in [0.29, 0.717) is 0 Å². The van der Waals surface area contributed by atoms with Gasteiger partial charge in [0.25, 0.3) is 0 Å². The molecule has 27 heavy (non-hydrogen) atoms. The fraction of sp³-hybridized carbons (Fsp3) is 0.409. The van der Waals surface area contributed by atoms with Gasteiger partial charge in [0.05, 0.1) is 0 Å². The van der Waals surface area contributed by atoms with Gasteiger partial charge < -0.3 is 20.1 Å². The minimum atomic E-state index is -1.63. The monoisotopic (exact) mass is 370 g/mol. The molecule has 5 nitrogen and oxygen atoms in total. The number of rotatable bonds is 4. The zero-order chi connectivity index (χ0) is 19.9. The molecule has 5 heteroatoms. The van der Waals surface area contributed by atoms with Gasteiger partial charge in [-0.05, 0) is 61.1 Å². The van der Waals surface area contributed by atoms with Crippen LogP contribution in [0.4, 0.5) is 0 Å². The van der Waals surface area contributed by atoms with Crippen LogP contribution in [0.5, 0.6) is 0 Å². The Hall–Kier alpha value is -2.21. The summed E-state index contributed by atoms with van der Waals surface area (Å²) in [5, 5.41) is 31.0. The third-order valence-electron chi connectivity index (χ3n) is 5.61. The Kier molecular flexibility index (Phi) is 5.38. The molecule has 0 unspecified atom stereocenters. The number of cyclic esters (lactones) is 1. The Morgan fingerprint density at radius 2 is 1.33 bits per heavy atom. The highest BCUT2D eigenvalue weighted by Crippen LogP contribution is 2.35. The topological polar surface area (TPSA) is 87.0 Å². The number of hydrogen-bond donors (Lipinski definition) is 3. The minimum Gasteiger partial charge on any atom is -0.455 e. The molecule has 2 aromatic carbocycles. The molecule has 1 aliphatic rings. The lowest BCUT2D eigenvalue weighted by atomic mass is 9.81. The van der Waals surface area contributed by atoms with Gasteiger partial charge in [-0.25, -0.2) is 4.79 Å². The lowest BCUT2D eigenvalue weighted by Gasteiger charge is -2.29. The molecule has 0 amide bonds. The number of ether oxygens (including phenoxy) is 1. The number of carbonyl (C=O) groups excluding carboxylic acids is 1. The number of esters is 1. The summed E-state index contributed by atoms with van der Waals surface area (Å²) in [6.45, 7) is 8.02. The molecule has 0 aliphatic carbocycles. The normalized spacial score (nSPS) is 23.6. The lowest BCUT2D eigenvalue weighted by molar-refractivity contribution is -0.150. The Bertz CT molecular complexity index is 808. The summed E-state index contributed by atoms with van der Waals surface area (Å²) in [6.07, 6.45) is -5.50. The number of aryl methyl sites for hydroxylation is 4. The fourth-order valence-corrected chi connectivity index (χ4v) is 3.56. The zero-order valence-corrected chi connectivity index (χ0v) is 16.0. The second-order valence-corrected chi connectivity index (χ2v) is 7.49. The average Bonchev–Trinajstić information content (AvgIpc) is 2.88. The molecule has 2 aromatic rings. The maximum absolute atomic E-state index is 11.6. The highest BCUT2D eigenvalue weighted by Gasteiger charge is 2.48. The van der Waals surface area contributed by atoms with Crippen LogP contribution in [0.1, 0.15) is 39.3 Å². The Morgan fingerprint density at radius 3 is 1.70 bits per heavy atom. The predicted octanol–water partition coefficient (Wildman–Crippen LogP) is 2.06. The van der Waals surface area contributed by atoms with E-state index in [1.807, 2.05) is 64.1 Å². The molecule has 0 saturated carbocycles. The van der Waals surface area contributed by atoms with Crippen LogP contribution in [0.3, 0.4) is 0 Å². The number of hydrogen-bond acceptors (Lipinski definition) is 5. The van der Waals surface area contributed by atoms with Gasteiger partial charge >= 0.3 is 5.97 Å². The third-order valence-corrected chi connectivity index (χ3v) is 5.61. The summed E-state index contributed by atoms with van der Waals surface area (Å²) in [5.74, 6) is -1.42. The van der Waals surface area contributed by atoms with Crippen molar-refractivity contribution in [2.75, 3.05) is 0 Å². The summed E-state index contributed by atoms with van der Waals surface area (Å²) >= 11 is 0. The van der Waals surface area contributed by atoms with Gasteiger partial charge in [-0.3, -0.25) is 0 Å². The van der Waals surface area contributed by atoms with Crippen LogP contribution >= 0.6 is 0 Å². The number of carbonyl (C=O) groups is 1. The van der Waals surface area contributed by atoms with Crippen LogP contribution in [0.2, 0.25) is 0 Å². The van der Waals surface area contributed by atoms with Gasteiger partial charge in [-0.2, -0.15) is 0 Å². The molecular formula is C22H26O5. The largest absolute Gasteiger partial charge is 0.455 e. The maximum Gasteiger partial charge on any atom is 0.338 e. The van der Waals surface area contributed by atoms with Gasteiger partial charge in [-0.15, -0.1) is 0 Å². The molecule has 1 saturated heterocycles. The van der Waals surface area contributed by atoms with Crippen molar-refractivity contribution in [3.63, 3.8) is 0 Å². The van der Waals surface area contributed by atoms with E-state index in [1.165, 1.54) is 0 Å². The van der Waals surface area contributed by atoms with Gasteiger partial charge in [0, 0.05) is 5.92 Å². The number of aliphatic hydroxyl groups is 3. The first-order chi connectivity index (χ1) is 12.7. The van der Waals surface area contributed by atoms with E-state index in [0.717, 1.165) is 33.4 Å². The molecule has 0 radical (unpaired) electrons. The van der Waals surface area contributed by atoms with Crippen molar-refractivity contribution in [2.24, 2.45) is 0 Å². The highest BCUT2D eigenvalue weighted by molar-refractivity contribution is 5.77. The quantitative estimate of drug-likeness (QED) is 0.717. The fourth-order valence-electron chi connectivity index (χ4n) is 3.56. The van der Waals surface area contributed by atoms with Crippen molar-refractivity contribution in [1.82, 2.24) is 0 Å². The van der Waals surface area contributed by atoms with Crippen molar-refractivity contribution < 1.29 is 24.9 Å². The number of benzene rings is 2.